The first kappa shape index (κ1) is 10.4. The lowest BCUT2D eigenvalue weighted by molar-refractivity contribution is 0.0275. The summed E-state index contributed by atoms with van der Waals surface area (Å²) < 4.78 is 0. The van der Waals surface area contributed by atoms with Gasteiger partial charge in [0.05, 0.1) is 6.10 Å². The fourth-order valence-corrected chi connectivity index (χ4v) is 2.76. The summed E-state index contributed by atoms with van der Waals surface area (Å²) in [7, 11) is 0. The van der Waals surface area contributed by atoms with Gasteiger partial charge in [-0.15, -0.1) is 0 Å². The fourth-order valence-electron chi connectivity index (χ4n) is 2.76. The predicted molar refractivity (Wildman–Crippen MR) is 57.3 cm³/mol. The van der Waals surface area contributed by atoms with Gasteiger partial charge in [-0.05, 0) is 26.3 Å². The van der Waals surface area contributed by atoms with E-state index in [-0.39, 0.29) is 6.10 Å². The van der Waals surface area contributed by atoms with Crippen molar-refractivity contribution in [1.82, 2.24) is 9.80 Å². The van der Waals surface area contributed by atoms with Gasteiger partial charge in [-0.3, -0.25) is 9.80 Å². The van der Waals surface area contributed by atoms with Crippen molar-refractivity contribution in [3.63, 3.8) is 0 Å². The highest BCUT2D eigenvalue weighted by atomic mass is 16.3. The predicted octanol–water partition coefficient (Wildman–Crippen LogP) is 0.537. The van der Waals surface area contributed by atoms with E-state index in [1.807, 2.05) is 6.92 Å². The molecule has 3 nitrogen and oxygen atoms in total. The minimum atomic E-state index is -0.176. The fraction of sp³-hybridized carbons (Fsp3) is 1.00. The monoisotopic (exact) mass is 198 g/mol. The van der Waals surface area contributed by atoms with Crippen LogP contribution in [0.2, 0.25) is 0 Å². The van der Waals surface area contributed by atoms with Crippen LogP contribution in [0.15, 0.2) is 0 Å². The molecule has 2 aliphatic rings. The van der Waals surface area contributed by atoms with Crippen molar-refractivity contribution in [3.05, 3.63) is 0 Å². The number of aliphatic hydroxyl groups excluding tert-OH is 1. The molecule has 0 radical (unpaired) electrons. The summed E-state index contributed by atoms with van der Waals surface area (Å²) in [6.45, 7) is 7.55. The van der Waals surface area contributed by atoms with E-state index in [2.05, 4.69) is 9.80 Å². The second-order valence-electron chi connectivity index (χ2n) is 4.79. The molecule has 2 heterocycles. The number of piperazine rings is 1. The number of hydrogen-bond donors (Lipinski definition) is 1. The second kappa shape index (κ2) is 4.60. The van der Waals surface area contributed by atoms with Crippen molar-refractivity contribution >= 4 is 0 Å². The lowest BCUT2D eigenvalue weighted by Crippen LogP contribution is -2.55. The van der Waals surface area contributed by atoms with E-state index in [0.717, 1.165) is 19.1 Å². The number of fused-ring (bicyclic) bond motifs is 1. The molecule has 2 aliphatic heterocycles. The number of rotatable bonds is 2. The Morgan fingerprint density at radius 1 is 1.29 bits per heavy atom. The van der Waals surface area contributed by atoms with Gasteiger partial charge in [-0.2, -0.15) is 0 Å². The Bertz CT molecular complexity index is 184. The summed E-state index contributed by atoms with van der Waals surface area (Å²) in [5.41, 5.74) is 0. The number of hydrogen-bond acceptors (Lipinski definition) is 3. The molecular weight excluding hydrogens is 176 g/mol. The van der Waals surface area contributed by atoms with Gasteiger partial charge >= 0.3 is 0 Å². The Labute approximate surface area is 86.7 Å². The molecule has 2 fully saturated rings. The van der Waals surface area contributed by atoms with Gasteiger partial charge in [0, 0.05) is 32.2 Å². The van der Waals surface area contributed by atoms with Gasteiger partial charge in [-0.1, -0.05) is 6.42 Å². The Kier molecular flexibility index (Phi) is 3.42. The minimum Gasteiger partial charge on any atom is -0.392 e. The van der Waals surface area contributed by atoms with E-state index < -0.39 is 0 Å². The molecule has 1 unspecified atom stereocenters. The van der Waals surface area contributed by atoms with E-state index >= 15 is 0 Å². The molecule has 2 saturated heterocycles. The molecule has 0 aromatic heterocycles. The number of β-amino-alcohol motifs (C(OH)–C–C–N with tert-alkyl or cyclic N) is 1. The van der Waals surface area contributed by atoms with Gasteiger partial charge in [0.15, 0.2) is 0 Å². The van der Waals surface area contributed by atoms with Crippen LogP contribution in [0.4, 0.5) is 0 Å². The largest absolute Gasteiger partial charge is 0.392 e. The van der Waals surface area contributed by atoms with Gasteiger partial charge in [-0.25, -0.2) is 0 Å². The smallest absolute Gasteiger partial charge is 0.0639 e. The first-order chi connectivity index (χ1) is 6.75. The summed E-state index contributed by atoms with van der Waals surface area (Å²) in [6.07, 6.45) is 3.96. The van der Waals surface area contributed by atoms with Gasteiger partial charge in [0.1, 0.15) is 0 Å². The number of aliphatic hydroxyl groups is 1. The Morgan fingerprint density at radius 3 is 2.93 bits per heavy atom. The maximum absolute atomic E-state index is 9.35. The van der Waals surface area contributed by atoms with Gasteiger partial charge in [0.2, 0.25) is 0 Å². The molecule has 82 valence electrons. The van der Waals surface area contributed by atoms with E-state index in [0.29, 0.717) is 0 Å². The maximum Gasteiger partial charge on any atom is 0.0639 e. The van der Waals surface area contributed by atoms with Gasteiger partial charge in [0.25, 0.3) is 0 Å². The third kappa shape index (κ3) is 2.47. The van der Waals surface area contributed by atoms with Crippen LogP contribution in [0.5, 0.6) is 0 Å². The Morgan fingerprint density at radius 2 is 2.14 bits per heavy atom. The van der Waals surface area contributed by atoms with Crippen molar-refractivity contribution in [3.8, 4) is 0 Å². The molecular formula is C11H22N2O. The second-order valence-corrected chi connectivity index (χ2v) is 4.79. The summed E-state index contributed by atoms with van der Waals surface area (Å²) in [5.74, 6) is 0. The van der Waals surface area contributed by atoms with Crippen LogP contribution in [0.3, 0.4) is 0 Å². The van der Waals surface area contributed by atoms with Crippen LogP contribution in [0.1, 0.15) is 26.2 Å². The van der Waals surface area contributed by atoms with Crippen molar-refractivity contribution in [1.29, 1.82) is 0 Å². The van der Waals surface area contributed by atoms with Crippen LogP contribution >= 0.6 is 0 Å². The normalized spacial score (nSPS) is 32.6. The van der Waals surface area contributed by atoms with Crippen molar-refractivity contribution < 1.29 is 5.11 Å². The lowest BCUT2D eigenvalue weighted by Gasteiger charge is -2.44. The van der Waals surface area contributed by atoms with Gasteiger partial charge < -0.3 is 5.11 Å². The average Bonchev–Trinajstić information content (AvgIpc) is 2.17. The van der Waals surface area contributed by atoms with E-state index in [1.54, 1.807) is 0 Å². The van der Waals surface area contributed by atoms with E-state index in [9.17, 15) is 5.11 Å². The summed E-state index contributed by atoms with van der Waals surface area (Å²) in [4.78, 5) is 5.04. The highest BCUT2D eigenvalue weighted by molar-refractivity contribution is 4.85. The Hall–Kier alpha value is -0.120. The van der Waals surface area contributed by atoms with Crippen LogP contribution in [0, 0.1) is 0 Å². The van der Waals surface area contributed by atoms with E-state index in [1.165, 1.54) is 38.9 Å². The summed E-state index contributed by atoms with van der Waals surface area (Å²) in [5, 5.41) is 9.35. The molecule has 3 heteroatoms. The summed E-state index contributed by atoms with van der Waals surface area (Å²) in [6, 6.07) is 0.774. The maximum atomic E-state index is 9.35. The highest BCUT2D eigenvalue weighted by Crippen LogP contribution is 2.20. The Balaban J connectivity index is 1.83. The van der Waals surface area contributed by atoms with Crippen LogP contribution < -0.4 is 0 Å². The number of piperidine rings is 1. The van der Waals surface area contributed by atoms with Crippen LogP contribution in [-0.2, 0) is 0 Å². The quantitative estimate of drug-likeness (QED) is 0.701. The van der Waals surface area contributed by atoms with Crippen LogP contribution in [0.25, 0.3) is 0 Å². The third-order valence-corrected chi connectivity index (χ3v) is 3.44. The first-order valence-electron chi connectivity index (χ1n) is 5.90. The topological polar surface area (TPSA) is 26.7 Å². The van der Waals surface area contributed by atoms with Crippen molar-refractivity contribution in [2.24, 2.45) is 0 Å². The molecule has 0 amide bonds. The SMILES string of the molecule is C[C@@H](O)CN1CCN2CCCCC2C1. The first-order valence-corrected chi connectivity index (χ1v) is 5.90. The number of nitrogens with zero attached hydrogens (tertiary/aromatic N) is 2. The van der Waals surface area contributed by atoms with Crippen LogP contribution in [-0.4, -0.2) is 59.8 Å². The molecule has 2 rings (SSSR count). The van der Waals surface area contributed by atoms with Crippen molar-refractivity contribution in [2.75, 3.05) is 32.7 Å². The molecule has 0 aliphatic carbocycles. The molecule has 14 heavy (non-hydrogen) atoms. The zero-order chi connectivity index (χ0) is 9.97. The van der Waals surface area contributed by atoms with E-state index in [4.69, 9.17) is 0 Å². The molecule has 1 N–H and O–H groups in total. The lowest BCUT2D eigenvalue weighted by atomic mass is 9.99. The zero-order valence-corrected chi connectivity index (χ0v) is 9.15. The molecule has 0 saturated carbocycles. The molecule has 0 spiro atoms. The minimum absolute atomic E-state index is 0.176. The molecule has 0 aromatic rings. The highest BCUT2D eigenvalue weighted by Gasteiger charge is 2.28. The third-order valence-electron chi connectivity index (χ3n) is 3.44. The molecule has 0 bridgehead atoms. The standard InChI is InChI=1S/C11H22N2O/c1-10(14)8-12-6-7-13-5-3-2-4-11(13)9-12/h10-11,14H,2-9H2,1H3/t10-,11?/m1/s1. The average molecular weight is 198 g/mol. The summed E-state index contributed by atoms with van der Waals surface area (Å²) >= 11 is 0. The van der Waals surface area contributed by atoms with Crippen molar-refractivity contribution in [2.45, 2.75) is 38.3 Å². The zero-order valence-electron chi connectivity index (χ0n) is 9.15. The molecule has 0 aromatic carbocycles. The molecule has 2 atom stereocenters.